The molecule has 0 bridgehead atoms. The van der Waals surface area contributed by atoms with Crippen LogP contribution < -0.4 is 10.6 Å². The third kappa shape index (κ3) is 2.77. The van der Waals surface area contributed by atoms with Gasteiger partial charge in [-0.05, 0) is 72.8 Å². The molecule has 0 amide bonds. The predicted molar refractivity (Wildman–Crippen MR) is 103 cm³/mol. The Kier molecular flexibility index (Phi) is 4.86. The molecule has 3 heteroatoms. The maximum Gasteiger partial charge on any atom is 0.0101 e. The van der Waals surface area contributed by atoms with Crippen molar-refractivity contribution in [1.82, 2.24) is 0 Å². The Balaban J connectivity index is 2.09. The van der Waals surface area contributed by atoms with Gasteiger partial charge in [-0.15, -0.1) is 11.3 Å². The molecule has 2 aliphatic heterocycles. The molecule has 2 saturated heterocycles. The molecule has 1 aromatic heterocycles. The lowest BCUT2D eigenvalue weighted by molar-refractivity contribution is 0.777. The minimum Gasteiger partial charge on any atom is -0.145 e. The summed E-state index contributed by atoms with van der Waals surface area (Å²) in [4.78, 5) is 3.34. The zero-order valence-electron chi connectivity index (χ0n) is 14.4. The van der Waals surface area contributed by atoms with E-state index < -0.39 is 0 Å². The molecular formula is C18H30P2S. The van der Waals surface area contributed by atoms with Gasteiger partial charge in [0.1, 0.15) is 0 Å². The van der Waals surface area contributed by atoms with Gasteiger partial charge in [0.25, 0.3) is 0 Å². The number of rotatable bonds is 2. The van der Waals surface area contributed by atoms with Crippen molar-refractivity contribution in [3.05, 3.63) is 9.75 Å². The second-order valence-corrected chi connectivity index (χ2v) is 14.8. The number of aryl methyl sites for hydroxylation is 2. The van der Waals surface area contributed by atoms with Crippen molar-refractivity contribution in [2.75, 3.05) is 0 Å². The molecule has 4 atom stereocenters. The lowest BCUT2D eigenvalue weighted by Gasteiger charge is -2.29. The summed E-state index contributed by atoms with van der Waals surface area (Å²) in [5.74, 6) is 0. The van der Waals surface area contributed by atoms with Gasteiger partial charge in [-0.3, -0.25) is 0 Å². The van der Waals surface area contributed by atoms with Crippen LogP contribution in [-0.2, 0) is 0 Å². The van der Waals surface area contributed by atoms with Crippen molar-refractivity contribution >= 4 is 37.8 Å². The Morgan fingerprint density at radius 3 is 1.24 bits per heavy atom. The molecular weight excluding hydrogens is 310 g/mol. The Morgan fingerprint density at radius 1 is 0.667 bits per heavy atom. The van der Waals surface area contributed by atoms with E-state index in [9.17, 15) is 0 Å². The van der Waals surface area contributed by atoms with E-state index in [0.29, 0.717) is 0 Å². The molecule has 0 aromatic carbocycles. The SMILES string of the molecule is Cc1sc(C)c(P2[C@H](C)CC[C@H]2C)c1P1C(C)CCC1C. The summed E-state index contributed by atoms with van der Waals surface area (Å²) in [6, 6.07) is 0. The first-order valence-corrected chi connectivity index (χ1v) is 12.4. The van der Waals surface area contributed by atoms with Crippen LogP contribution in [0.4, 0.5) is 0 Å². The van der Waals surface area contributed by atoms with Crippen LogP contribution in [0.15, 0.2) is 0 Å². The highest BCUT2D eigenvalue weighted by atomic mass is 32.1. The molecule has 2 fully saturated rings. The van der Waals surface area contributed by atoms with Gasteiger partial charge in [0.15, 0.2) is 0 Å². The monoisotopic (exact) mass is 340 g/mol. The molecule has 0 nitrogen and oxygen atoms in total. The fourth-order valence-corrected chi connectivity index (χ4v) is 13.9. The van der Waals surface area contributed by atoms with Crippen LogP contribution in [0.5, 0.6) is 0 Å². The molecule has 0 aliphatic carbocycles. The molecule has 2 unspecified atom stereocenters. The van der Waals surface area contributed by atoms with Crippen LogP contribution in [0.1, 0.15) is 63.1 Å². The van der Waals surface area contributed by atoms with Crippen molar-refractivity contribution in [3.63, 3.8) is 0 Å². The average Bonchev–Trinajstić information content (AvgIpc) is 3.00. The van der Waals surface area contributed by atoms with Crippen LogP contribution in [0.25, 0.3) is 0 Å². The van der Waals surface area contributed by atoms with Crippen molar-refractivity contribution in [3.8, 4) is 0 Å². The zero-order chi connectivity index (χ0) is 15.3. The van der Waals surface area contributed by atoms with Crippen LogP contribution in [0, 0.1) is 13.8 Å². The zero-order valence-corrected chi connectivity index (χ0v) is 17.0. The van der Waals surface area contributed by atoms with Crippen LogP contribution in [0.3, 0.4) is 0 Å². The highest BCUT2D eigenvalue weighted by Gasteiger charge is 2.40. The van der Waals surface area contributed by atoms with Gasteiger partial charge < -0.3 is 0 Å². The molecule has 0 spiro atoms. The number of thiophene rings is 1. The summed E-state index contributed by atoms with van der Waals surface area (Å²) in [5.41, 5.74) is 3.80. The molecule has 1 aromatic rings. The Morgan fingerprint density at radius 2 is 0.952 bits per heavy atom. The first kappa shape index (κ1) is 16.4. The van der Waals surface area contributed by atoms with Crippen molar-refractivity contribution < 1.29 is 0 Å². The summed E-state index contributed by atoms with van der Waals surface area (Å²) < 4.78 is 0. The van der Waals surface area contributed by atoms with Crippen LogP contribution in [-0.4, -0.2) is 22.6 Å². The van der Waals surface area contributed by atoms with Gasteiger partial charge >= 0.3 is 0 Å². The van der Waals surface area contributed by atoms with E-state index >= 15 is 0 Å². The molecule has 118 valence electrons. The average molecular weight is 340 g/mol. The van der Waals surface area contributed by atoms with Gasteiger partial charge in [0, 0.05) is 9.75 Å². The second kappa shape index (κ2) is 6.22. The Bertz CT molecular complexity index is 457. The Labute approximate surface area is 137 Å². The number of hydrogen-bond donors (Lipinski definition) is 0. The lowest BCUT2D eigenvalue weighted by atomic mass is 10.2. The molecule has 0 radical (unpaired) electrons. The third-order valence-electron chi connectivity index (χ3n) is 5.62. The molecule has 2 aliphatic rings. The first-order chi connectivity index (χ1) is 9.91. The van der Waals surface area contributed by atoms with Gasteiger partial charge in [0.05, 0.1) is 0 Å². The maximum absolute atomic E-state index is 2.53. The predicted octanol–water partition coefficient (Wildman–Crippen LogP) is 5.72. The minimum absolute atomic E-state index is 0.0890. The molecule has 0 saturated carbocycles. The quantitative estimate of drug-likeness (QED) is 0.604. The maximum atomic E-state index is 2.53. The van der Waals surface area contributed by atoms with Crippen molar-refractivity contribution in [1.29, 1.82) is 0 Å². The Hall–Kier alpha value is 0.560. The number of hydrogen-bond acceptors (Lipinski definition) is 1. The topological polar surface area (TPSA) is 0 Å². The van der Waals surface area contributed by atoms with E-state index in [-0.39, 0.29) is 15.8 Å². The second-order valence-electron chi connectivity index (χ2n) is 7.28. The summed E-state index contributed by atoms with van der Waals surface area (Å²) in [7, 11) is 0.178. The fourth-order valence-electron chi connectivity index (χ4n) is 4.54. The smallest absolute Gasteiger partial charge is 0.0101 e. The summed E-state index contributed by atoms with van der Waals surface area (Å²) in [5, 5.41) is 3.77. The molecule has 0 N–H and O–H groups in total. The first-order valence-electron chi connectivity index (χ1n) is 8.58. The van der Waals surface area contributed by atoms with E-state index in [4.69, 9.17) is 0 Å². The minimum atomic E-state index is 0.0890. The van der Waals surface area contributed by atoms with Gasteiger partial charge in [-0.25, -0.2) is 0 Å². The van der Waals surface area contributed by atoms with E-state index in [1.54, 1.807) is 9.75 Å². The largest absolute Gasteiger partial charge is 0.145 e. The van der Waals surface area contributed by atoms with Gasteiger partial charge in [0.2, 0.25) is 0 Å². The van der Waals surface area contributed by atoms with E-state index in [0.717, 1.165) is 22.6 Å². The van der Waals surface area contributed by atoms with Crippen molar-refractivity contribution in [2.45, 2.75) is 89.9 Å². The highest BCUT2D eigenvalue weighted by Crippen LogP contribution is 2.60. The van der Waals surface area contributed by atoms with Crippen LogP contribution >= 0.6 is 27.2 Å². The molecule has 3 heterocycles. The molecule has 3 rings (SSSR count). The standard InChI is InChI=1S/C18H30P2S/c1-11-7-8-12(2)19(11)17-15(5)21-16(6)18(17)20-13(3)9-10-14(20)4/h11-14H,7-10H2,1-6H3/t11-,12-,13?,14?,20?/m1/s1. The van der Waals surface area contributed by atoms with Gasteiger partial charge in [-0.2, -0.15) is 0 Å². The third-order valence-corrected chi connectivity index (χ3v) is 14.1. The van der Waals surface area contributed by atoms with E-state index in [2.05, 4.69) is 52.9 Å². The molecule has 21 heavy (non-hydrogen) atoms. The van der Waals surface area contributed by atoms with E-state index in [1.807, 2.05) is 10.6 Å². The van der Waals surface area contributed by atoms with Crippen LogP contribution in [0.2, 0.25) is 0 Å². The normalized spacial score (nSPS) is 37.5. The lowest BCUT2D eigenvalue weighted by Crippen LogP contribution is -2.28. The summed E-state index contributed by atoms with van der Waals surface area (Å²) in [6.07, 6.45) is 5.85. The summed E-state index contributed by atoms with van der Waals surface area (Å²) in [6.45, 7) is 14.9. The van der Waals surface area contributed by atoms with Crippen molar-refractivity contribution in [2.24, 2.45) is 0 Å². The van der Waals surface area contributed by atoms with E-state index in [1.165, 1.54) is 25.7 Å². The van der Waals surface area contributed by atoms with Gasteiger partial charge in [-0.1, -0.05) is 43.5 Å². The fraction of sp³-hybridized carbons (Fsp3) is 0.778. The summed E-state index contributed by atoms with van der Waals surface area (Å²) >= 11 is 2.11. The highest BCUT2D eigenvalue weighted by molar-refractivity contribution is 7.74.